The molecule has 0 amide bonds. The highest BCUT2D eigenvalue weighted by atomic mass is 19.1. The lowest BCUT2D eigenvalue weighted by Gasteiger charge is -2.17. The molecule has 0 aliphatic carbocycles. The Morgan fingerprint density at radius 1 is 1.32 bits per heavy atom. The van der Waals surface area contributed by atoms with E-state index in [4.69, 9.17) is 5.11 Å². The van der Waals surface area contributed by atoms with Crippen molar-refractivity contribution < 1.29 is 14.3 Å². The van der Waals surface area contributed by atoms with Crippen molar-refractivity contribution >= 4 is 17.9 Å². The van der Waals surface area contributed by atoms with E-state index in [0.717, 1.165) is 49.1 Å². The van der Waals surface area contributed by atoms with Crippen LogP contribution in [0.4, 0.5) is 10.2 Å². The van der Waals surface area contributed by atoms with Gasteiger partial charge in [-0.05, 0) is 47.9 Å². The Kier molecular flexibility index (Phi) is 5.40. The minimum Gasteiger partial charge on any atom is -0.478 e. The summed E-state index contributed by atoms with van der Waals surface area (Å²) >= 11 is 0. The van der Waals surface area contributed by atoms with E-state index in [9.17, 15) is 9.18 Å². The number of likely N-dealkylation sites (tertiary alicyclic amines) is 1. The van der Waals surface area contributed by atoms with E-state index in [1.807, 2.05) is 24.3 Å². The fraction of sp³-hybridized carbons (Fsp3) is 0.263. The van der Waals surface area contributed by atoms with E-state index in [1.165, 1.54) is 18.2 Å². The van der Waals surface area contributed by atoms with Crippen LogP contribution in [-0.4, -0.2) is 40.1 Å². The van der Waals surface area contributed by atoms with Crippen molar-refractivity contribution in [2.75, 3.05) is 18.4 Å². The average Bonchev–Trinajstić information content (AvgIpc) is 3.03. The maximum atomic E-state index is 13.0. The topological polar surface area (TPSA) is 65.5 Å². The fourth-order valence-corrected chi connectivity index (χ4v) is 2.91. The number of carbonyl (C=O) groups is 1. The van der Waals surface area contributed by atoms with Gasteiger partial charge in [0.05, 0.1) is 0 Å². The SMILES string of the molecule is O=C(O)/C=C/c1ccc(N[C@@H]2CCN(Cc3ccc(F)cc3)C2)nc1. The van der Waals surface area contributed by atoms with Gasteiger partial charge in [-0.3, -0.25) is 4.90 Å². The van der Waals surface area contributed by atoms with Crippen molar-refractivity contribution in [1.82, 2.24) is 9.88 Å². The molecule has 130 valence electrons. The van der Waals surface area contributed by atoms with Crippen molar-refractivity contribution in [1.29, 1.82) is 0 Å². The lowest BCUT2D eigenvalue weighted by Crippen LogP contribution is -2.26. The molecule has 5 nitrogen and oxygen atoms in total. The third-order valence-corrected chi connectivity index (χ3v) is 4.15. The van der Waals surface area contributed by atoms with Crippen LogP contribution in [0, 0.1) is 5.82 Å². The maximum Gasteiger partial charge on any atom is 0.328 e. The summed E-state index contributed by atoms with van der Waals surface area (Å²) in [5, 5.41) is 12.0. The number of rotatable bonds is 6. The molecule has 0 radical (unpaired) electrons. The first-order chi connectivity index (χ1) is 12.1. The van der Waals surface area contributed by atoms with Crippen LogP contribution in [0.15, 0.2) is 48.7 Å². The summed E-state index contributed by atoms with van der Waals surface area (Å²) in [4.78, 5) is 17.2. The average molecular weight is 341 g/mol. The zero-order valence-corrected chi connectivity index (χ0v) is 13.7. The summed E-state index contributed by atoms with van der Waals surface area (Å²) in [6.07, 6.45) is 5.27. The number of halogens is 1. The van der Waals surface area contributed by atoms with Gasteiger partial charge in [0.15, 0.2) is 0 Å². The summed E-state index contributed by atoms with van der Waals surface area (Å²) in [7, 11) is 0. The van der Waals surface area contributed by atoms with E-state index in [2.05, 4.69) is 15.2 Å². The molecule has 1 aromatic carbocycles. The van der Waals surface area contributed by atoms with Crippen LogP contribution in [-0.2, 0) is 11.3 Å². The second-order valence-electron chi connectivity index (χ2n) is 6.14. The summed E-state index contributed by atoms with van der Waals surface area (Å²) in [5.74, 6) is -0.409. The summed E-state index contributed by atoms with van der Waals surface area (Å²) in [6, 6.07) is 10.6. The third kappa shape index (κ3) is 5.12. The van der Waals surface area contributed by atoms with Crippen molar-refractivity contribution in [3.05, 3.63) is 65.6 Å². The molecule has 1 aliphatic rings. The van der Waals surface area contributed by atoms with Gasteiger partial charge in [-0.25, -0.2) is 14.2 Å². The largest absolute Gasteiger partial charge is 0.478 e. The zero-order valence-electron chi connectivity index (χ0n) is 13.7. The second kappa shape index (κ2) is 7.90. The molecule has 3 rings (SSSR count). The van der Waals surface area contributed by atoms with Crippen LogP contribution >= 0.6 is 0 Å². The highest BCUT2D eigenvalue weighted by molar-refractivity contribution is 5.85. The van der Waals surface area contributed by atoms with E-state index >= 15 is 0 Å². The highest BCUT2D eigenvalue weighted by Gasteiger charge is 2.22. The lowest BCUT2D eigenvalue weighted by atomic mass is 10.2. The Morgan fingerprint density at radius 2 is 2.12 bits per heavy atom. The molecule has 2 N–H and O–H groups in total. The highest BCUT2D eigenvalue weighted by Crippen LogP contribution is 2.17. The number of pyridine rings is 1. The lowest BCUT2D eigenvalue weighted by molar-refractivity contribution is -0.131. The summed E-state index contributed by atoms with van der Waals surface area (Å²) in [5.41, 5.74) is 1.85. The third-order valence-electron chi connectivity index (χ3n) is 4.15. The van der Waals surface area contributed by atoms with Gasteiger partial charge in [-0.15, -0.1) is 0 Å². The Morgan fingerprint density at radius 3 is 2.80 bits per heavy atom. The number of hydrogen-bond donors (Lipinski definition) is 2. The first-order valence-corrected chi connectivity index (χ1v) is 8.19. The molecule has 1 aliphatic heterocycles. The van der Waals surface area contributed by atoms with Crippen LogP contribution in [0.1, 0.15) is 17.5 Å². The molecule has 6 heteroatoms. The minimum absolute atomic E-state index is 0.211. The van der Waals surface area contributed by atoms with Crippen molar-refractivity contribution in [2.24, 2.45) is 0 Å². The van der Waals surface area contributed by atoms with Gasteiger partial charge in [0.2, 0.25) is 0 Å². The van der Waals surface area contributed by atoms with Gasteiger partial charge in [0.25, 0.3) is 0 Å². The number of nitrogens with zero attached hydrogens (tertiary/aromatic N) is 2. The predicted octanol–water partition coefficient (Wildman–Crippen LogP) is 3.00. The minimum atomic E-state index is -0.977. The van der Waals surface area contributed by atoms with Crippen LogP contribution in [0.5, 0.6) is 0 Å². The smallest absolute Gasteiger partial charge is 0.328 e. The summed E-state index contributed by atoms with van der Waals surface area (Å²) < 4.78 is 13.0. The molecule has 2 heterocycles. The van der Waals surface area contributed by atoms with Gasteiger partial charge in [0.1, 0.15) is 11.6 Å². The molecule has 1 saturated heterocycles. The maximum absolute atomic E-state index is 13.0. The van der Waals surface area contributed by atoms with Gasteiger partial charge in [-0.1, -0.05) is 12.1 Å². The van der Waals surface area contributed by atoms with Gasteiger partial charge in [0, 0.05) is 37.9 Å². The van der Waals surface area contributed by atoms with Gasteiger partial charge < -0.3 is 10.4 Å². The number of carboxylic acids is 1. The molecule has 1 fully saturated rings. The molecule has 2 aromatic rings. The van der Waals surface area contributed by atoms with Crippen LogP contribution in [0.2, 0.25) is 0 Å². The molecular formula is C19H20FN3O2. The fourth-order valence-electron chi connectivity index (χ4n) is 2.91. The molecule has 0 saturated carbocycles. The number of carboxylic acid groups (broad SMARTS) is 1. The summed E-state index contributed by atoms with van der Waals surface area (Å²) in [6.45, 7) is 2.69. The Hall–Kier alpha value is -2.73. The number of aliphatic carboxylic acids is 1. The van der Waals surface area contributed by atoms with Crippen molar-refractivity contribution in [3.8, 4) is 0 Å². The van der Waals surface area contributed by atoms with Crippen LogP contribution < -0.4 is 5.32 Å². The Bertz CT molecular complexity index is 744. The molecular weight excluding hydrogens is 321 g/mol. The predicted molar refractivity (Wildman–Crippen MR) is 94.6 cm³/mol. The molecule has 0 unspecified atom stereocenters. The molecule has 0 bridgehead atoms. The standard InChI is InChI=1S/C19H20FN3O2/c20-16-5-1-15(2-6-16)12-23-10-9-17(13-23)22-18-7-3-14(11-21-18)4-8-19(24)25/h1-8,11,17H,9-10,12-13H2,(H,21,22)(H,24,25)/b8-4+/t17-/m1/s1. The molecule has 1 atom stereocenters. The second-order valence-corrected chi connectivity index (χ2v) is 6.14. The van der Waals surface area contributed by atoms with Gasteiger partial charge in [-0.2, -0.15) is 0 Å². The Labute approximate surface area is 145 Å². The number of hydrogen-bond acceptors (Lipinski definition) is 4. The van der Waals surface area contributed by atoms with Gasteiger partial charge >= 0.3 is 5.97 Å². The molecule has 1 aromatic heterocycles. The first kappa shape index (κ1) is 17.1. The Balaban J connectivity index is 1.51. The normalized spacial score (nSPS) is 17.9. The van der Waals surface area contributed by atoms with E-state index in [0.29, 0.717) is 6.04 Å². The quantitative estimate of drug-likeness (QED) is 0.791. The van der Waals surface area contributed by atoms with E-state index < -0.39 is 5.97 Å². The molecule has 25 heavy (non-hydrogen) atoms. The van der Waals surface area contributed by atoms with Crippen molar-refractivity contribution in [2.45, 2.75) is 19.0 Å². The first-order valence-electron chi connectivity index (χ1n) is 8.19. The van der Waals surface area contributed by atoms with E-state index in [1.54, 1.807) is 6.20 Å². The van der Waals surface area contributed by atoms with Crippen molar-refractivity contribution in [3.63, 3.8) is 0 Å². The number of nitrogens with one attached hydrogen (secondary N) is 1. The van der Waals surface area contributed by atoms with Crippen LogP contribution in [0.25, 0.3) is 6.08 Å². The van der Waals surface area contributed by atoms with E-state index in [-0.39, 0.29) is 5.82 Å². The monoisotopic (exact) mass is 341 g/mol. The number of aromatic nitrogens is 1. The number of benzene rings is 1. The molecule has 0 spiro atoms. The number of anilines is 1. The zero-order chi connectivity index (χ0) is 17.6. The van der Waals surface area contributed by atoms with Crippen LogP contribution in [0.3, 0.4) is 0 Å².